The molecule has 0 saturated carbocycles. The second-order valence-electron chi connectivity index (χ2n) is 4.73. The van der Waals surface area contributed by atoms with E-state index in [1.165, 1.54) is 5.56 Å². The number of nitrogens with one attached hydrogen (secondary N) is 1. The second-order valence-corrected chi connectivity index (χ2v) is 5.97. The normalized spacial score (nSPS) is 11.9. The van der Waals surface area contributed by atoms with Gasteiger partial charge in [0.25, 0.3) is 5.91 Å². The SMILES string of the molecule is CC(Cc1ccccc1)NC(=O)c1cc(I)ccc1O. The molecule has 0 aliphatic rings. The third-order valence-corrected chi connectivity index (χ3v) is 3.64. The van der Waals surface area contributed by atoms with Gasteiger partial charge >= 0.3 is 0 Å². The van der Waals surface area contributed by atoms with Crippen LogP contribution in [-0.2, 0) is 6.42 Å². The van der Waals surface area contributed by atoms with Gasteiger partial charge in [-0.15, -0.1) is 0 Å². The molecule has 0 saturated heterocycles. The van der Waals surface area contributed by atoms with Crippen molar-refractivity contribution in [2.24, 2.45) is 0 Å². The molecule has 0 fully saturated rings. The van der Waals surface area contributed by atoms with Gasteiger partial charge < -0.3 is 10.4 Å². The highest BCUT2D eigenvalue weighted by Crippen LogP contribution is 2.19. The number of phenolic OH excluding ortho intramolecular Hbond substituents is 1. The van der Waals surface area contributed by atoms with E-state index in [9.17, 15) is 9.90 Å². The van der Waals surface area contributed by atoms with Crippen LogP contribution in [0.15, 0.2) is 48.5 Å². The van der Waals surface area contributed by atoms with Crippen molar-refractivity contribution in [2.45, 2.75) is 19.4 Å². The van der Waals surface area contributed by atoms with Crippen LogP contribution in [-0.4, -0.2) is 17.1 Å². The van der Waals surface area contributed by atoms with Gasteiger partial charge in [0.05, 0.1) is 5.56 Å². The van der Waals surface area contributed by atoms with E-state index in [-0.39, 0.29) is 17.7 Å². The summed E-state index contributed by atoms with van der Waals surface area (Å²) in [6.45, 7) is 1.95. The van der Waals surface area contributed by atoms with Crippen LogP contribution < -0.4 is 5.32 Å². The van der Waals surface area contributed by atoms with Crippen LogP contribution in [0.2, 0.25) is 0 Å². The molecule has 0 heterocycles. The molecule has 0 aliphatic heterocycles. The molecular formula is C16H16INO2. The molecule has 1 amide bonds. The number of halogens is 1. The first-order valence-electron chi connectivity index (χ1n) is 6.39. The summed E-state index contributed by atoms with van der Waals surface area (Å²) in [5.41, 5.74) is 1.49. The average molecular weight is 381 g/mol. The standard InChI is InChI=1S/C16H16INO2/c1-11(9-12-5-3-2-4-6-12)18-16(20)14-10-13(17)7-8-15(14)19/h2-8,10-11,19H,9H2,1H3,(H,18,20). The van der Waals surface area contributed by atoms with E-state index in [0.717, 1.165) is 9.99 Å². The summed E-state index contributed by atoms with van der Waals surface area (Å²) in [6.07, 6.45) is 0.761. The van der Waals surface area contributed by atoms with E-state index < -0.39 is 0 Å². The minimum absolute atomic E-state index is 0.00201. The Morgan fingerprint density at radius 3 is 2.65 bits per heavy atom. The maximum absolute atomic E-state index is 12.1. The second kappa shape index (κ2) is 6.74. The zero-order valence-electron chi connectivity index (χ0n) is 11.1. The van der Waals surface area contributed by atoms with E-state index >= 15 is 0 Å². The van der Waals surface area contributed by atoms with Crippen molar-refractivity contribution in [2.75, 3.05) is 0 Å². The highest BCUT2D eigenvalue weighted by Gasteiger charge is 2.14. The molecule has 0 spiro atoms. The lowest BCUT2D eigenvalue weighted by atomic mass is 10.1. The number of hydrogen-bond acceptors (Lipinski definition) is 2. The fraction of sp³-hybridized carbons (Fsp3) is 0.188. The Balaban J connectivity index is 2.02. The Labute approximate surface area is 132 Å². The van der Waals surface area contributed by atoms with Gasteiger partial charge in [0.2, 0.25) is 0 Å². The average Bonchev–Trinajstić information content (AvgIpc) is 2.42. The van der Waals surface area contributed by atoms with Gasteiger partial charge in [-0.3, -0.25) is 4.79 Å². The van der Waals surface area contributed by atoms with Gasteiger partial charge in [-0.2, -0.15) is 0 Å². The number of carbonyl (C=O) groups is 1. The lowest BCUT2D eigenvalue weighted by molar-refractivity contribution is 0.0937. The third-order valence-electron chi connectivity index (χ3n) is 2.97. The largest absolute Gasteiger partial charge is 0.507 e. The van der Waals surface area contributed by atoms with Gasteiger partial charge in [0.15, 0.2) is 0 Å². The fourth-order valence-corrected chi connectivity index (χ4v) is 2.50. The first-order valence-corrected chi connectivity index (χ1v) is 7.47. The van der Waals surface area contributed by atoms with Crippen molar-refractivity contribution in [3.05, 3.63) is 63.2 Å². The van der Waals surface area contributed by atoms with Gasteiger partial charge in [0, 0.05) is 9.61 Å². The van der Waals surface area contributed by atoms with Gasteiger partial charge in [-0.1, -0.05) is 30.3 Å². The molecule has 1 atom stereocenters. The topological polar surface area (TPSA) is 49.3 Å². The Morgan fingerprint density at radius 2 is 1.95 bits per heavy atom. The van der Waals surface area contributed by atoms with Crippen molar-refractivity contribution < 1.29 is 9.90 Å². The highest BCUT2D eigenvalue weighted by atomic mass is 127. The van der Waals surface area contributed by atoms with Crippen LogP contribution >= 0.6 is 22.6 Å². The number of hydrogen-bond donors (Lipinski definition) is 2. The molecule has 104 valence electrons. The first kappa shape index (κ1) is 14.8. The Hall–Kier alpha value is -1.56. The maximum Gasteiger partial charge on any atom is 0.255 e. The zero-order chi connectivity index (χ0) is 14.5. The summed E-state index contributed by atoms with van der Waals surface area (Å²) < 4.78 is 0.918. The van der Waals surface area contributed by atoms with Crippen LogP contribution in [0.1, 0.15) is 22.8 Å². The van der Waals surface area contributed by atoms with Crippen molar-refractivity contribution in [1.82, 2.24) is 5.32 Å². The number of aromatic hydroxyl groups is 1. The van der Waals surface area contributed by atoms with Crippen molar-refractivity contribution >= 4 is 28.5 Å². The lowest BCUT2D eigenvalue weighted by Crippen LogP contribution is -2.34. The minimum atomic E-state index is -0.246. The number of benzene rings is 2. The molecule has 1 unspecified atom stereocenters. The lowest BCUT2D eigenvalue weighted by Gasteiger charge is -2.14. The van der Waals surface area contributed by atoms with Crippen molar-refractivity contribution in [1.29, 1.82) is 0 Å². The van der Waals surface area contributed by atoms with Gasteiger partial charge in [-0.05, 0) is 59.7 Å². The summed E-state index contributed by atoms with van der Waals surface area (Å²) in [5, 5.41) is 12.7. The monoisotopic (exact) mass is 381 g/mol. The van der Waals surface area contributed by atoms with Gasteiger partial charge in [-0.25, -0.2) is 0 Å². The summed E-state index contributed by atoms with van der Waals surface area (Å²) in [4.78, 5) is 12.1. The molecule has 2 aromatic rings. The molecule has 2 N–H and O–H groups in total. The number of carbonyl (C=O) groups excluding carboxylic acids is 1. The molecule has 20 heavy (non-hydrogen) atoms. The zero-order valence-corrected chi connectivity index (χ0v) is 13.3. The van der Waals surface area contributed by atoms with Crippen LogP contribution in [0, 0.1) is 3.57 Å². The molecule has 0 bridgehead atoms. The fourth-order valence-electron chi connectivity index (χ4n) is 2.01. The Bertz CT molecular complexity index is 599. The molecule has 4 heteroatoms. The summed E-state index contributed by atoms with van der Waals surface area (Å²) in [7, 11) is 0. The van der Waals surface area contributed by atoms with Crippen LogP contribution in [0.4, 0.5) is 0 Å². The minimum Gasteiger partial charge on any atom is -0.507 e. The summed E-state index contributed by atoms with van der Waals surface area (Å²) in [6, 6.07) is 15.0. The van der Waals surface area contributed by atoms with E-state index in [0.29, 0.717) is 5.56 Å². The van der Waals surface area contributed by atoms with E-state index in [1.54, 1.807) is 18.2 Å². The maximum atomic E-state index is 12.1. The van der Waals surface area contributed by atoms with E-state index in [4.69, 9.17) is 0 Å². The van der Waals surface area contributed by atoms with Crippen molar-refractivity contribution in [3.63, 3.8) is 0 Å². The van der Waals surface area contributed by atoms with Crippen molar-refractivity contribution in [3.8, 4) is 5.75 Å². The first-order chi connectivity index (χ1) is 9.56. The highest BCUT2D eigenvalue weighted by molar-refractivity contribution is 14.1. The molecule has 0 aromatic heterocycles. The molecule has 3 nitrogen and oxygen atoms in total. The Morgan fingerprint density at radius 1 is 1.25 bits per heavy atom. The quantitative estimate of drug-likeness (QED) is 0.799. The number of phenols is 1. The van der Waals surface area contributed by atoms with Crippen LogP contribution in [0.5, 0.6) is 5.75 Å². The number of rotatable bonds is 4. The third kappa shape index (κ3) is 3.96. The molecule has 0 aliphatic carbocycles. The molecule has 0 radical (unpaired) electrons. The molecule has 2 rings (SSSR count). The number of amides is 1. The van der Waals surface area contributed by atoms with E-state index in [2.05, 4.69) is 27.9 Å². The summed E-state index contributed by atoms with van der Waals surface area (Å²) >= 11 is 2.12. The predicted octanol–water partition coefficient (Wildman–Crippen LogP) is 3.36. The Kier molecular flexibility index (Phi) is 5.00. The summed E-state index contributed by atoms with van der Waals surface area (Å²) in [5.74, 6) is -0.237. The van der Waals surface area contributed by atoms with Crippen LogP contribution in [0.25, 0.3) is 0 Å². The van der Waals surface area contributed by atoms with Crippen LogP contribution in [0.3, 0.4) is 0 Å². The predicted molar refractivity (Wildman–Crippen MR) is 87.9 cm³/mol. The molecule has 2 aromatic carbocycles. The van der Waals surface area contributed by atoms with E-state index in [1.807, 2.05) is 37.3 Å². The van der Waals surface area contributed by atoms with Gasteiger partial charge in [0.1, 0.15) is 5.75 Å². The molecular weight excluding hydrogens is 365 g/mol. The smallest absolute Gasteiger partial charge is 0.255 e.